The SMILES string of the molecule is COc1ccc(CN(C(C#N)CCCl)S(=O)(=O)c2cc(Br)c3ncc(C=O)n3c2)cc1. The second-order valence-electron chi connectivity index (χ2n) is 6.54. The van der Waals surface area contributed by atoms with Gasteiger partial charge in [0.15, 0.2) is 11.9 Å². The zero-order valence-electron chi connectivity index (χ0n) is 16.4. The molecule has 31 heavy (non-hydrogen) atoms. The number of nitriles is 1. The van der Waals surface area contributed by atoms with E-state index in [0.29, 0.717) is 27.7 Å². The summed E-state index contributed by atoms with van der Waals surface area (Å²) in [5.41, 5.74) is 1.28. The van der Waals surface area contributed by atoms with Crippen LogP contribution in [0.1, 0.15) is 22.5 Å². The molecule has 0 bridgehead atoms. The lowest BCUT2D eigenvalue weighted by atomic mass is 10.2. The fourth-order valence-electron chi connectivity index (χ4n) is 3.05. The van der Waals surface area contributed by atoms with Crippen molar-refractivity contribution < 1.29 is 17.9 Å². The van der Waals surface area contributed by atoms with Crippen LogP contribution in [0, 0.1) is 11.3 Å². The Kier molecular flexibility index (Phi) is 7.33. The average Bonchev–Trinajstić information content (AvgIpc) is 3.20. The van der Waals surface area contributed by atoms with Gasteiger partial charge in [0.2, 0.25) is 10.0 Å². The number of aldehydes is 1. The molecule has 3 aromatic rings. The summed E-state index contributed by atoms with van der Waals surface area (Å²) in [6, 6.07) is 9.36. The van der Waals surface area contributed by atoms with E-state index in [-0.39, 0.29) is 29.4 Å². The van der Waals surface area contributed by atoms with Crippen molar-refractivity contribution >= 4 is 49.5 Å². The van der Waals surface area contributed by atoms with Gasteiger partial charge in [-0.25, -0.2) is 13.4 Å². The minimum atomic E-state index is -4.14. The largest absolute Gasteiger partial charge is 0.497 e. The van der Waals surface area contributed by atoms with E-state index < -0.39 is 16.1 Å². The number of imidazole rings is 1. The van der Waals surface area contributed by atoms with Crippen molar-refractivity contribution in [1.29, 1.82) is 5.26 Å². The first kappa shape index (κ1) is 23.2. The number of ether oxygens (including phenoxy) is 1. The van der Waals surface area contributed by atoms with Crippen molar-refractivity contribution in [2.45, 2.75) is 23.9 Å². The lowest BCUT2D eigenvalue weighted by Gasteiger charge is -2.26. The van der Waals surface area contributed by atoms with Crippen LogP contribution in [-0.2, 0) is 16.6 Å². The quantitative estimate of drug-likeness (QED) is 0.312. The molecule has 0 saturated heterocycles. The lowest BCUT2D eigenvalue weighted by molar-refractivity contribution is 0.111. The summed E-state index contributed by atoms with van der Waals surface area (Å²) >= 11 is 9.16. The number of carbonyl (C=O) groups is 1. The summed E-state index contributed by atoms with van der Waals surface area (Å²) in [5, 5.41) is 9.67. The van der Waals surface area contributed by atoms with E-state index in [1.165, 1.54) is 30.0 Å². The van der Waals surface area contributed by atoms with Gasteiger partial charge in [0, 0.05) is 18.6 Å². The summed E-state index contributed by atoms with van der Waals surface area (Å²) in [4.78, 5) is 15.3. The first-order chi connectivity index (χ1) is 14.8. The highest BCUT2D eigenvalue weighted by atomic mass is 79.9. The van der Waals surface area contributed by atoms with Crippen molar-refractivity contribution in [3.63, 3.8) is 0 Å². The maximum atomic E-state index is 13.6. The molecule has 1 unspecified atom stereocenters. The van der Waals surface area contributed by atoms with Crippen LogP contribution in [0.15, 0.2) is 52.1 Å². The molecule has 0 aliphatic heterocycles. The Hall–Kier alpha value is -2.45. The fraction of sp³-hybridized carbons (Fsp3) is 0.250. The normalized spacial score (nSPS) is 12.6. The van der Waals surface area contributed by atoms with Gasteiger partial charge in [-0.2, -0.15) is 9.57 Å². The number of halogens is 2. The van der Waals surface area contributed by atoms with Gasteiger partial charge < -0.3 is 4.74 Å². The van der Waals surface area contributed by atoms with Gasteiger partial charge in [0.1, 0.15) is 22.4 Å². The maximum absolute atomic E-state index is 13.6. The van der Waals surface area contributed by atoms with Crippen LogP contribution in [0.5, 0.6) is 5.75 Å². The summed E-state index contributed by atoms with van der Waals surface area (Å²) in [6.07, 6.45) is 3.41. The van der Waals surface area contributed by atoms with E-state index in [2.05, 4.69) is 20.9 Å². The molecule has 2 heterocycles. The summed E-state index contributed by atoms with van der Waals surface area (Å²) in [5.74, 6) is 0.749. The van der Waals surface area contributed by atoms with Gasteiger partial charge in [-0.15, -0.1) is 11.6 Å². The average molecular weight is 526 g/mol. The minimum absolute atomic E-state index is 0.0401. The first-order valence-electron chi connectivity index (χ1n) is 9.07. The summed E-state index contributed by atoms with van der Waals surface area (Å²) < 4.78 is 35.3. The number of methoxy groups -OCH3 is 1. The molecule has 0 radical (unpaired) electrons. The molecule has 162 valence electrons. The van der Waals surface area contributed by atoms with Gasteiger partial charge in [-0.1, -0.05) is 12.1 Å². The standard InChI is InChI=1S/C20H18BrClN4O4S/c1-30-17-4-2-14(3-5-17)11-26(15(9-23)6-7-22)31(28,29)18-8-19(21)20-24-10-16(13-27)25(20)12-18/h2-5,8,10,12-13,15H,6-7,11H2,1H3. The molecular weight excluding hydrogens is 508 g/mol. The van der Waals surface area contributed by atoms with Crippen LogP contribution in [-0.4, -0.2) is 47.4 Å². The molecule has 11 heteroatoms. The van der Waals surface area contributed by atoms with Crippen molar-refractivity contribution in [2.75, 3.05) is 13.0 Å². The monoisotopic (exact) mass is 524 g/mol. The number of hydrogen-bond acceptors (Lipinski definition) is 6. The molecule has 0 saturated carbocycles. The van der Waals surface area contributed by atoms with E-state index in [9.17, 15) is 18.5 Å². The van der Waals surface area contributed by atoms with E-state index in [1.54, 1.807) is 24.3 Å². The number of alkyl halides is 1. The molecule has 2 aromatic heterocycles. The third-order valence-electron chi connectivity index (χ3n) is 4.67. The number of nitrogens with zero attached hydrogens (tertiary/aromatic N) is 4. The van der Waals surface area contributed by atoms with Crippen LogP contribution in [0.3, 0.4) is 0 Å². The smallest absolute Gasteiger partial charge is 0.246 e. The van der Waals surface area contributed by atoms with Gasteiger partial charge in [-0.05, 0) is 46.1 Å². The Morgan fingerprint density at radius 1 is 1.39 bits per heavy atom. The van der Waals surface area contributed by atoms with E-state index in [4.69, 9.17) is 16.3 Å². The number of fused-ring (bicyclic) bond motifs is 1. The van der Waals surface area contributed by atoms with Crippen LogP contribution in [0.4, 0.5) is 0 Å². The number of sulfonamides is 1. The van der Waals surface area contributed by atoms with Crippen LogP contribution in [0.2, 0.25) is 0 Å². The number of pyridine rings is 1. The van der Waals surface area contributed by atoms with Crippen molar-refractivity contribution in [3.8, 4) is 11.8 Å². The maximum Gasteiger partial charge on any atom is 0.246 e. The highest BCUT2D eigenvalue weighted by Gasteiger charge is 2.32. The third kappa shape index (κ3) is 4.75. The van der Waals surface area contributed by atoms with Crippen molar-refractivity contribution in [2.24, 2.45) is 0 Å². The second kappa shape index (κ2) is 9.78. The van der Waals surface area contributed by atoms with E-state index in [0.717, 1.165) is 4.31 Å². The van der Waals surface area contributed by atoms with E-state index in [1.807, 2.05) is 6.07 Å². The Bertz CT molecular complexity index is 1240. The first-order valence-corrected chi connectivity index (χ1v) is 11.8. The van der Waals surface area contributed by atoms with Gasteiger partial charge in [0.05, 0.1) is 23.8 Å². The molecular formula is C20H18BrClN4O4S. The highest BCUT2D eigenvalue weighted by molar-refractivity contribution is 9.10. The summed E-state index contributed by atoms with van der Waals surface area (Å²) in [7, 11) is -2.60. The molecule has 0 spiro atoms. The lowest BCUT2D eigenvalue weighted by Crippen LogP contribution is -2.39. The minimum Gasteiger partial charge on any atom is -0.497 e. The summed E-state index contributed by atoms with van der Waals surface area (Å²) in [6.45, 7) is -0.0401. The zero-order chi connectivity index (χ0) is 22.6. The number of rotatable bonds is 9. The molecule has 8 nitrogen and oxygen atoms in total. The molecule has 1 atom stereocenters. The molecule has 0 amide bonds. The number of benzene rings is 1. The Labute approximate surface area is 193 Å². The second-order valence-corrected chi connectivity index (χ2v) is 9.66. The van der Waals surface area contributed by atoms with Crippen molar-refractivity contribution in [1.82, 2.24) is 13.7 Å². The molecule has 0 N–H and O–H groups in total. The molecule has 0 aliphatic carbocycles. The zero-order valence-corrected chi connectivity index (χ0v) is 19.6. The van der Waals surface area contributed by atoms with E-state index >= 15 is 0 Å². The van der Waals surface area contributed by atoms with Gasteiger partial charge in [-0.3, -0.25) is 9.20 Å². The number of aromatic nitrogens is 2. The third-order valence-corrected chi connectivity index (χ3v) is 7.29. The molecule has 3 rings (SSSR count). The number of carbonyl (C=O) groups excluding carboxylic acids is 1. The molecule has 1 aromatic carbocycles. The number of hydrogen-bond donors (Lipinski definition) is 0. The Morgan fingerprint density at radius 2 is 2.10 bits per heavy atom. The topological polar surface area (TPSA) is 105 Å². The molecule has 0 aliphatic rings. The predicted molar refractivity (Wildman–Crippen MR) is 119 cm³/mol. The van der Waals surface area contributed by atoms with Gasteiger partial charge >= 0.3 is 0 Å². The highest BCUT2D eigenvalue weighted by Crippen LogP contribution is 2.28. The van der Waals surface area contributed by atoms with Gasteiger partial charge in [0.25, 0.3) is 0 Å². The predicted octanol–water partition coefficient (Wildman–Crippen LogP) is 3.63. The molecule has 0 fully saturated rings. The van der Waals surface area contributed by atoms with Crippen molar-refractivity contribution in [3.05, 3.63) is 58.5 Å². The fourth-order valence-corrected chi connectivity index (χ4v) is 5.53. The van der Waals surface area contributed by atoms with Crippen LogP contribution >= 0.6 is 27.5 Å². The Morgan fingerprint density at radius 3 is 2.68 bits per heavy atom. The van der Waals surface area contributed by atoms with Crippen LogP contribution in [0.25, 0.3) is 5.65 Å². The Balaban J connectivity index is 2.11. The van der Waals surface area contributed by atoms with Crippen LogP contribution < -0.4 is 4.74 Å².